The third-order valence-electron chi connectivity index (χ3n) is 4.97. The first-order valence-corrected chi connectivity index (χ1v) is 7.93. The summed E-state index contributed by atoms with van der Waals surface area (Å²) >= 11 is 0. The maximum atomic E-state index is 4.00. The molecule has 4 heteroatoms. The molecular formula is C17H22N4. The lowest BCUT2D eigenvalue weighted by Gasteiger charge is -2.31. The first kappa shape index (κ1) is 13.0. The lowest BCUT2D eigenvalue weighted by Crippen LogP contribution is -2.43. The molecule has 1 aromatic heterocycles. The summed E-state index contributed by atoms with van der Waals surface area (Å²) < 4.78 is 0. The van der Waals surface area contributed by atoms with Gasteiger partial charge in [-0.2, -0.15) is 5.10 Å². The maximum absolute atomic E-state index is 4.00. The highest BCUT2D eigenvalue weighted by Gasteiger charge is 2.33. The minimum atomic E-state index is 0.705. The van der Waals surface area contributed by atoms with Gasteiger partial charge >= 0.3 is 0 Å². The van der Waals surface area contributed by atoms with Crippen LogP contribution in [-0.2, 0) is 6.54 Å². The van der Waals surface area contributed by atoms with E-state index < -0.39 is 0 Å². The van der Waals surface area contributed by atoms with Crippen molar-refractivity contribution in [1.82, 2.24) is 20.4 Å². The van der Waals surface area contributed by atoms with Crippen molar-refractivity contribution >= 4 is 0 Å². The molecule has 0 spiro atoms. The number of piperidine rings is 1. The van der Waals surface area contributed by atoms with Gasteiger partial charge in [0.25, 0.3) is 0 Å². The minimum Gasteiger partial charge on any atom is -0.310 e. The highest BCUT2D eigenvalue weighted by Crippen LogP contribution is 2.27. The number of aromatic nitrogens is 2. The number of benzene rings is 1. The molecule has 3 heterocycles. The van der Waals surface area contributed by atoms with Crippen molar-refractivity contribution in [3.63, 3.8) is 0 Å². The van der Waals surface area contributed by atoms with Gasteiger partial charge in [0, 0.05) is 25.3 Å². The molecule has 110 valence electrons. The van der Waals surface area contributed by atoms with Crippen molar-refractivity contribution in [2.45, 2.75) is 25.4 Å². The van der Waals surface area contributed by atoms with Crippen LogP contribution >= 0.6 is 0 Å². The zero-order valence-corrected chi connectivity index (χ0v) is 12.3. The second-order valence-corrected chi connectivity index (χ2v) is 6.29. The summed E-state index contributed by atoms with van der Waals surface area (Å²) in [6, 6.07) is 11.5. The van der Waals surface area contributed by atoms with E-state index in [1.165, 1.54) is 43.6 Å². The molecular weight excluding hydrogens is 260 g/mol. The van der Waals surface area contributed by atoms with Crippen LogP contribution in [0.1, 0.15) is 18.4 Å². The fourth-order valence-corrected chi connectivity index (χ4v) is 3.69. The van der Waals surface area contributed by atoms with Gasteiger partial charge in [0.2, 0.25) is 0 Å². The summed E-state index contributed by atoms with van der Waals surface area (Å²) in [6.07, 6.45) is 4.46. The first-order valence-electron chi connectivity index (χ1n) is 7.93. The van der Waals surface area contributed by atoms with E-state index in [1.54, 1.807) is 6.20 Å². The first-order chi connectivity index (χ1) is 10.4. The Labute approximate surface area is 125 Å². The topological polar surface area (TPSA) is 44.0 Å². The Morgan fingerprint density at radius 3 is 2.81 bits per heavy atom. The number of aromatic amines is 1. The zero-order chi connectivity index (χ0) is 14.1. The molecule has 2 bridgehead atoms. The molecule has 0 saturated carbocycles. The van der Waals surface area contributed by atoms with Crippen molar-refractivity contribution in [2.75, 3.05) is 19.6 Å². The number of nitrogens with one attached hydrogen (secondary N) is 2. The van der Waals surface area contributed by atoms with Gasteiger partial charge in [-0.05, 0) is 49.0 Å². The largest absolute Gasteiger partial charge is 0.310 e. The number of fused-ring (bicyclic) bond motifs is 2. The van der Waals surface area contributed by atoms with Gasteiger partial charge in [-0.3, -0.25) is 5.10 Å². The fourth-order valence-electron chi connectivity index (χ4n) is 3.69. The SMILES string of the molecule is c1cc(-c2ccc(CNC3CCN4CCC3C4)cc2)[nH]n1. The van der Waals surface area contributed by atoms with Gasteiger partial charge in [-0.15, -0.1) is 0 Å². The molecule has 4 nitrogen and oxygen atoms in total. The van der Waals surface area contributed by atoms with E-state index in [0.717, 1.165) is 18.2 Å². The number of rotatable bonds is 4. The summed E-state index contributed by atoms with van der Waals surface area (Å²) in [6.45, 7) is 4.86. The smallest absolute Gasteiger partial charge is 0.0650 e. The van der Waals surface area contributed by atoms with Crippen LogP contribution in [-0.4, -0.2) is 40.8 Å². The molecule has 0 amide bonds. The average molecular weight is 282 g/mol. The Kier molecular flexibility index (Phi) is 3.49. The molecule has 2 aliphatic rings. The Balaban J connectivity index is 1.37. The molecule has 3 unspecified atom stereocenters. The van der Waals surface area contributed by atoms with E-state index in [1.807, 2.05) is 6.07 Å². The van der Waals surface area contributed by atoms with Crippen LogP contribution in [0.4, 0.5) is 0 Å². The summed E-state index contributed by atoms with van der Waals surface area (Å²) in [5.41, 5.74) is 3.63. The highest BCUT2D eigenvalue weighted by molar-refractivity contribution is 5.58. The van der Waals surface area contributed by atoms with Crippen LogP contribution in [0.15, 0.2) is 36.5 Å². The molecule has 0 aliphatic carbocycles. The summed E-state index contributed by atoms with van der Waals surface area (Å²) in [5, 5.41) is 10.8. The summed E-state index contributed by atoms with van der Waals surface area (Å²) in [5.74, 6) is 0.864. The maximum Gasteiger partial charge on any atom is 0.0650 e. The lowest BCUT2D eigenvalue weighted by molar-refractivity contribution is 0.220. The Hall–Kier alpha value is -1.65. The van der Waals surface area contributed by atoms with E-state index in [0.29, 0.717) is 6.04 Å². The number of hydrogen-bond donors (Lipinski definition) is 2. The second kappa shape index (κ2) is 5.62. The van der Waals surface area contributed by atoms with Crippen LogP contribution in [0.25, 0.3) is 11.3 Å². The molecule has 4 rings (SSSR count). The number of hydrogen-bond acceptors (Lipinski definition) is 3. The molecule has 2 N–H and O–H groups in total. The molecule has 0 radical (unpaired) electrons. The van der Waals surface area contributed by atoms with Crippen LogP contribution in [0.5, 0.6) is 0 Å². The number of nitrogens with zero attached hydrogens (tertiary/aromatic N) is 2. The quantitative estimate of drug-likeness (QED) is 0.904. The minimum absolute atomic E-state index is 0.705. The van der Waals surface area contributed by atoms with E-state index in [4.69, 9.17) is 0 Å². The van der Waals surface area contributed by atoms with Crippen LogP contribution in [0, 0.1) is 5.92 Å². The molecule has 1 aromatic carbocycles. The van der Waals surface area contributed by atoms with Crippen molar-refractivity contribution in [3.8, 4) is 11.3 Å². The second-order valence-electron chi connectivity index (χ2n) is 6.29. The third-order valence-corrected chi connectivity index (χ3v) is 4.97. The summed E-state index contributed by atoms with van der Waals surface area (Å²) in [7, 11) is 0. The molecule has 2 aromatic rings. The van der Waals surface area contributed by atoms with E-state index in [2.05, 4.69) is 44.7 Å². The van der Waals surface area contributed by atoms with Gasteiger partial charge in [-0.25, -0.2) is 0 Å². The molecule has 21 heavy (non-hydrogen) atoms. The Morgan fingerprint density at radius 2 is 2.00 bits per heavy atom. The van der Waals surface area contributed by atoms with Crippen LogP contribution in [0.3, 0.4) is 0 Å². The Bertz CT molecular complexity index is 575. The van der Waals surface area contributed by atoms with Gasteiger partial charge in [0.15, 0.2) is 0 Å². The highest BCUT2D eigenvalue weighted by atomic mass is 15.2. The molecule has 2 aliphatic heterocycles. The van der Waals surface area contributed by atoms with Crippen LogP contribution in [0.2, 0.25) is 0 Å². The zero-order valence-electron chi connectivity index (χ0n) is 12.3. The van der Waals surface area contributed by atoms with Crippen LogP contribution < -0.4 is 5.32 Å². The predicted molar refractivity (Wildman–Crippen MR) is 83.8 cm³/mol. The van der Waals surface area contributed by atoms with Crippen molar-refractivity contribution in [1.29, 1.82) is 0 Å². The summed E-state index contributed by atoms with van der Waals surface area (Å²) in [4.78, 5) is 2.60. The van der Waals surface area contributed by atoms with Gasteiger partial charge in [0.1, 0.15) is 0 Å². The van der Waals surface area contributed by atoms with E-state index >= 15 is 0 Å². The van der Waals surface area contributed by atoms with E-state index in [9.17, 15) is 0 Å². The number of H-pyrrole nitrogens is 1. The van der Waals surface area contributed by atoms with Crippen molar-refractivity contribution in [2.24, 2.45) is 5.92 Å². The monoisotopic (exact) mass is 282 g/mol. The standard InChI is InChI=1S/C17H22N4/c1-3-14(17-5-8-19-20-17)4-2-13(1)11-18-16-7-10-21-9-6-15(16)12-21/h1-5,8,15-16,18H,6-7,9-12H2,(H,19,20). The average Bonchev–Trinajstić information content (AvgIpc) is 3.18. The molecule has 2 fully saturated rings. The third kappa shape index (κ3) is 2.74. The molecule has 3 atom stereocenters. The predicted octanol–water partition coefficient (Wildman–Crippen LogP) is 2.26. The molecule has 2 saturated heterocycles. The fraction of sp³-hybridized carbons (Fsp3) is 0.471. The van der Waals surface area contributed by atoms with Gasteiger partial charge in [0.05, 0.1) is 5.69 Å². The van der Waals surface area contributed by atoms with Crippen molar-refractivity contribution in [3.05, 3.63) is 42.1 Å². The van der Waals surface area contributed by atoms with Crippen molar-refractivity contribution < 1.29 is 0 Å². The van der Waals surface area contributed by atoms with Gasteiger partial charge < -0.3 is 10.2 Å². The lowest BCUT2D eigenvalue weighted by atomic mass is 9.94. The van der Waals surface area contributed by atoms with E-state index in [-0.39, 0.29) is 0 Å². The van der Waals surface area contributed by atoms with Gasteiger partial charge in [-0.1, -0.05) is 24.3 Å². The Morgan fingerprint density at radius 1 is 1.14 bits per heavy atom. The normalized spacial score (nSPS) is 27.9.